The first kappa shape index (κ1) is 23.2. The number of likely N-dealkylation sites (tertiary alicyclic amines) is 1. The van der Waals surface area contributed by atoms with Crippen molar-refractivity contribution in [3.8, 4) is 0 Å². The first-order chi connectivity index (χ1) is 13.5. The minimum Gasteiger partial charge on any atom is -0.475 e. The Morgan fingerprint density at radius 2 is 1.83 bits per heavy atom. The van der Waals surface area contributed by atoms with Crippen molar-refractivity contribution in [3.63, 3.8) is 0 Å². The minimum absolute atomic E-state index is 0.149. The van der Waals surface area contributed by atoms with Crippen LogP contribution >= 0.6 is 0 Å². The Morgan fingerprint density at radius 1 is 1.24 bits per heavy atom. The van der Waals surface area contributed by atoms with E-state index in [0.29, 0.717) is 0 Å². The summed E-state index contributed by atoms with van der Waals surface area (Å²) < 4.78 is 36.9. The molecule has 162 valence electrons. The van der Waals surface area contributed by atoms with Gasteiger partial charge in [0, 0.05) is 38.2 Å². The second-order valence-corrected chi connectivity index (χ2v) is 7.54. The number of benzene rings is 1. The summed E-state index contributed by atoms with van der Waals surface area (Å²) >= 11 is 0. The molecule has 1 saturated heterocycles. The standard InChI is InChI=1S/C18H26N2O2.C2HF3O2/c1-14-4-5-17-16(12-14)18(13-20(17)15(2)21)6-8-19(9-7-18)10-11-22-3;3-2(4,5)1(6)7/h4-5,12H,6-11,13H2,1-3H3;(H,6,7). The number of aryl methyl sites for hydroxylation is 1. The number of carbonyl (C=O) groups excluding carboxylic acids is 1. The summed E-state index contributed by atoms with van der Waals surface area (Å²) in [7, 11) is 1.76. The number of amides is 1. The molecule has 1 aromatic carbocycles. The van der Waals surface area contributed by atoms with Gasteiger partial charge in [-0.25, -0.2) is 4.79 Å². The van der Waals surface area contributed by atoms with Crippen LogP contribution in [0.4, 0.5) is 18.9 Å². The highest BCUT2D eigenvalue weighted by atomic mass is 19.4. The molecule has 0 saturated carbocycles. The van der Waals surface area contributed by atoms with E-state index < -0.39 is 12.1 Å². The van der Waals surface area contributed by atoms with Gasteiger partial charge in [0.25, 0.3) is 0 Å². The second-order valence-electron chi connectivity index (χ2n) is 7.54. The molecule has 1 spiro atoms. The van der Waals surface area contributed by atoms with Crippen LogP contribution in [0.2, 0.25) is 0 Å². The first-order valence-electron chi connectivity index (χ1n) is 9.41. The van der Waals surface area contributed by atoms with Crippen LogP contribution in [0.1, 0.15) is 30.9 Å². The van der Waals surface area contributed by atoms with Crippen molar-refractivity contribution in [1.82, 2.24) is 4.90 Å². The minimum atomic E-state index is -5.08. The highest BCUT2D eigenvalue weighted by Crippen LogP contribution is 2.47. The maximum absolute atomic E-state index is 12.0. The molecule has 1 N–H and O–H groups in total. The van der Waals surface area contributed by atoms with Gasteiger partial charge in [0.05, 0.1) is 6.61 Å². The zero-order chi connectivity index (χ0) is 21.8. The molecule has 2 heterocycles. The van der Waals surface area contributed by atoms with E-state index >= 15 is 0 Å². The molecule has 1 amide bonds. The molecule has 6 nitrogen and oxygen atoms in total. The van der Waals surface area contributed by atoms with Crippen LogP contribution in [0.15, 0.2) is 18.2 Å². The van der Waals surface area contributed by atoms with Crippen LogP contribution in [0.25, 0.3) is 0 Å². The van der Waals surface area contributed by atoms with E-state index in [1.165, 1.54) is 11.1 Å². The molecule has 3 rings (SSSR count). The summed E-state index contributed by atoms with van der Waals surface area (Å²) in [4.78, 5) is 25.4. The van der Waals surface area contributed by atoms with Crippen LogP contribution in [0.3, 0.4) is 0 Å². The van der Waals surface area contributed by atoms with Crippen molar-refractivity contribution < 1.29 is 32.6 Å². The predicted octanol–water partition coefficient (Wildman–Crippen LogP) is 2.97. The second kappa shape index (κ2) is 9.13. The normalized spacial score (nSPS) is 18.2. The molecule has 2 aliphatic heterocycles. The van der Waals surface area contributed by atoms with Crippen molar-refractivity contribution in [3.05, 3.63) is 29.3 Å². The third kappa shape index (κ3) is 5.48. The first-order valence-corrected chi connectivity index (χ1v) is 9.41. The maximum Gasteiger partial charge on any atom is 0.490 e. The van der Waals surface area contributed by atoms with Gasteiger partial charge in [-0.2, -0.15) is 13.2 Å². The van der Waals surface area contributed by atoms with Gasteiger partial charge in [0.15, 0.2) is 0 Å². The van der Waals surface area contributed by atoms with Crippen LogP contribution in [0.5, 0.6) is 0 Å². The predicted molar refractivity (Wildman–Crippen MR) is 102 cm³/mol. The number of nitrogens with zero attached hydrogens (tertiary/aromatic N) is 2. The van der Waals surface area contributed by atoms with Gasteiger partial charge in [-0.15, -0.1) is 0 Å². The van der Waals surface area contributed by atoms with Gasteiger partial charge in [-0.3, -0.25) is 4.79 Å². The molecule has 2 aliphatic rings. The molecule has 0 radical (unpaired) electrons. The summed E-state index contributed by atoms with van der Waals surface area (Å²) in [5.41, 5.74) is 3.94. The number of fused-ring (bicyclic) bond motifs is 2. The molecule has 29 heavy (non-hydrogen) atoms. The molecule has 0 aromatic heterocycles. The van der Waals surface area contributed by atoms with Crippen LogP contribution in [-0.2, 0) is 19.7 Å². The topological polar surface area (TPSA) is 70.1 Å². The summed E-state index contributed by atoms with van der Waals surface area (Å²) in [6.45, 7) is 8.63. The fourth-order valence-electron chi connectivity index (χ4n) is 3.92. The Morgan fingerprint density at radius 3 is 2.31 bits per heavy atom. The lowest BCUT2D eigenvalue weighted by Gasteiger charge is -2.39. The number of ether oxygens (including phenoxy) is 1. The number of carboxylic acids is 1. The van der Waals surface area contributed by atoms with Crippen molar-refractivity contribution in [2.45, 2.75) is 38.3 Å². The largest absolute Gasteiger partial charge is 0.490 e. The number of carbonyl (C=O) groups is 2. The van der Waals surface area contributed by atoms with E-state index in [-0.39, 0.29) is 11.3 Å². The van der Waals surface area contributed by atoms with Gasteiger partial charge in [0.2, 0.25) is 5.91 Å². The Balaban J connectivity index is 0.000000370. The SMILES string of the molecule is COCCN1CCC2(CC1)CN(C(C)=O)c1ccc(C)cc12.O=C(O)C(F)(F)F. The number of carboxylic acid groups (broad SMARTS) is 1. The zero-order valence-corrected chi connectivity index (χ0v) is 16.9. The Kier molecular flexibility index (Phi) is 7.29. The van der Waals surface area contributed by atoms with Crippen molar-refractivity contribution in [2.75, 3.05) is 44.8 Å². The van der Waals surface area contributed by atoms with Crippen LogP contribution in [-0.4, -0.2) is 68.0 Å². The Hall–Kier alpha value is -2.13. The van der Waals surface area contributed by atoms with Crippen LogP contribution in [0, 0.1) is 6.92 Å². The number of hydrogen-bond donors (Lipinski definition) is 1. The van der Waals surface area contributed by atoms with Crippen molar-refractivity contribution in [2.24, 2.45) is 0 Å². The van der Waals surface area contributed by atoms with Gasteiger partial charge < -0.3 is 19.6 Å². The van der Waals surface area contributed by atoms with E-state index in [0.717, 1.165) is 51.3 Å². The van der Waals surface area contributed by atoms with Gasteiger partial charge >= 0.3 is 12.1 Å². The lowest BCUT2D eigenvalue weighted by Crippen LogP contribution is -2.46. The van der Waals surface area contributed by atoms with Crippen LogP contribution < -0.4 is 4.90 Å². The number of alkyl halides is 3. The third-order valence-corrected chi connectivity index (χ3v) is 5.52. The molecular formula is C20H27F3N2O4. The number of aliphatic carboxylic acids is 1. The molecule has 1 fully saturated rings. The summed E-state index contributed by atoms with van der Waals surface area (Å²) in [6.07, 6.45) is -2.84. The summed E-state index contributed by atoms with van der Waals surface area (Å²) in [6, 6.07) is 6.53. The Labute approximate surface area is 168 Å². The van der Waals surface area contributed by atoms with Crippen molar-refractivity contribution >= 4 is 17.6 Å². The molecule has 0 unspecified atom stereocenters. The van der Waals surface area contributed by atoms with Crippen molar-refractivity contribution in [1.29, 1.82) is 0 Å². The number of rotatable bonds is 3. The number of hydrogen-bond acceptors (Lipinski definition) is 4. The lowest BCUT2D eigenvalue weighted by atomic mass is 9.74. The molecule has 9 heteroatoms. The fraction of sp³-hybridized carbons (Fsp3) is 0.600. The number of anilines is 1. The molecular weight excluding hydrogens is 389 g/mol. The zero-order valence-electron chi connectivity index (χ0n) is 16.9. The lowest BCUT2D eigenvalue weighted by molar-refractivity contribution is -0.192. The van der Waals surface area contributed by atoms with E-state index in [1.807, 2.05) is 4.90 Å². The molecule has 0 aliphatic carbocycles. The average Bonchev–Trinajstić information content (AvgIpc) is 2.95. The Bertz CT molecular complexity index is 744. The maximum atomic E-state index is 12.0. The van der Waals surface area contributed by atoms with Gasteiger partial charge in [-0.05, 0) is 44.5 Å². The molecule has 1 aromatic rings. The quantitative estimate of drug-likeness (QED) is 0.821. The summed E-state index contributed by atoms with van der Waals surface area (Å²) in [5.74, 6) is -2.60. The van der Waals surface area contributed by atoms with Gasteiger partial charge in [0.1, 0.15) is 0 Å². The summed E-state index contributed by atoms with van der Waals surface area (Å²) in [5, 5.41) is 7.12. The average molecular weight is 416 g/mol. The number of halogens is 3. The highest BCUT2D eigenvalue weighted by molar-refractivity contribution is 5.94. The van der Waals surface area contributed by atoms with E-state index in [2.05, 4.69) is 30.0 Å². The van der Waals surface area contributed by atoms with Gasteiger partial charge in [-0.1, -0.05) is 17.7 Å². The molecule has 0 atom stereocenters. The number of piperidine rings is 1. The fourth-order valence-corrected chi connectivity index (χ4v) is 3.92. The third-order valence-electron chi connectivity index (χ3n) is 5.52. The van der Waals surface area contributed by atoms with E-state index in [9.17, 15) is 18.0 Å². The highest BCUT2D eigenvalue weighted by Gasteiger charge is 2.45. The van der Waals surface area contributed by atoms with E-state index in [4.69, 9.17) is 14.6 Å². The monoisotopic (exact) mass is 416 g/mol. The number of methoxy groups -OCH3 is 1. The smallest absolute Gasteiger partial charge is 0.475 e. The van der Waals surface area contributed by atoms with E-state index in [1.54, 1.807) is 14.0 Å². The molecule has 0 bridgehead atoms.